The first-order chi connectivity index (χ1) is 9.65. The molecule has 0 atom stereocenters. The number of anilines is 1. The molecule has 0 unspecified atom stereocenters. The van der Waals surface area contributed by atoms with Crippen LogP contribution in [0.1, 0.15) is 6.92 Å². The van der Waals surface area contributed by atoms with Crippen molar-refractivity contribution >= 4 is 44.6 Å². The van der Waals surface area contributed by atoms with Gasteiger partial charge in [0.05, 0.1) is 0 Å². The van der Waals surface area contributed by atoms with Crippen molar-refractivity contribution in [3.63, 3.8) is 0 Å². The van der Waals surface area contributed by atoms with Crippen LogP contribution in [-0.4, -0.2) is 44.9 Å². The summed E-state index contributed by atoms with van der Waals surface area (Å²) in [6, 6.07) is 0. The second-order valence-corrected chi connectivity index (χ2v) is 13.2. The number of nitrogens with two attached hydrogens (primary N) is 1. The Morgan fingerprint density at radius 2 is 2.30 bits per heavy atom. The Balaban J connectivity index is 2.28. The molecular formula is C10H16N5O2PS2. The molecule has 20 heavy (non-hydrogen) atoms. The van der Waals surface area contributed by atoms with Crippen LogP contribution in [0.3, 0.4) is 0 Å². The van der Waals surface area contributed by atoms with E-state index in [4.69, 9.17) is 14.8 Å². The van der Waals surface area contributed by atoms with Gasteiger partial charge in [0.25, 0.3) is 0 Å². The zero-order valence-corrected chi connectivity index (χ0v) is 13.7. The van der Waals surface area contributed by atoms with Crippen molar-refractivity contribution in [3.05, 3.63) is 12.7 Å². The van der Waals surface area contributed by atoms with Gasteiger partial charge in [0.15, 0.2) is 0 Å². The van der Waals surface area contributed by atoms with Crippen LogP contribution in [0.4, 0.5) is 5.82 Å². The van der Waals surface area contributed by atoms with Crippen molar-refractivity contribution in [2.24, 2.45) is 0 Å². The number of imidazole rings is 1. The van der Waals surface area contributed by atoms with E-state index in [2.05, 4.69) is 15.0 Å². The topological polar surface area (TPSA) is 88.1 Å². The van der Waals surface area contributed by atoms with E-state index in [9.17, 15) is 0 Å². The van der Waals surface area contributed by atoms with E-state index >= 15 is 0 Å². The molecule has 2 N–H and O–H groups in total. The summed E-state index contributed by atoms with van der Waals surface area (Å²) in [5, 5.41) is 0. The summed E-state index contributed by atoms with van der Waals surface area (Å²) in [6.45, 7) is 2.54. The number of rotatable bonds is 4. The zero-order chi connectivity index (χ0) is 14.2. The first-order valence-electron chi connectivity index (χ1n) is 6.14. The van der Waals surface area contributed by atoms with E-state index in [1.165, 1.54) is 6.33 Å². The Labute approximate surface area is 124 Å². The number of hydrogen-bond acceptors (Lipinski definition) is 8. The van der Waals surface area contributed by atoms with Crippen LogP contribution in [0.25, 0.3) is 11.2 Å². The van der Waals surface area contributed by atoms with Crippen molar-refractivity contribution in [2.75, 3.05) is 31.4 Å². The summed E-state index contributed by atoms with van der Waals surface area (Å²) in [6.07, 6.45) is 0.910. The van der Waals surface area contributed by atoms with E-state index in [0.29, 0.717) is 23.6 Å². The Morgan fingerprint density at radius 3 is 2.95 bits per heavy atom. The zero-order valence-electron chi connectivity index (χ0n) is 11.2. The van der Waals surface area contributed by atoms with Gasteiger partial charge in [-0.1, -0.05) is 0 Å². The van der Waals surface area contributed by atoms with E-state index in [1.54, 1.807) is 34.6 Å². The molecule has 3 rings (SSSR count). The van der Waals surface area contributed by atoms with Gasteiger partial charge in [-0.25, -0.2) is 0 Å². The van der Waals surface area contributed by atoms with Crippen molar-refractivity contribution in [1.82, 2.24) is 19.3 Å². The summed E-state index contributed by atoms with van der Waals surface area (Å²) in [5.41, 5.74) is 7.12. The Kier molecular flexibility index (Phi) is 3.58. The molecule has 1 aliphatic heterocycles. The maximum absolute atomic E-state index is 6.19. The van der Waals surface area contributed by atoms with Crippen LogP contribution < -0.4 is 5.73 Å². The Morgan fingerprint density at radius 1 is 1.45 bits per heavy atom. The van der Waals surface area contributed by atoms with E-state index in [-0.39, 0.29) is 0 Å². The monoisotopic (exact) mass is 333 g/mol. The van der Waals surface area contributed by atoms with Crippen LogP contribution in [0.2, 0.25) is 0 Å². The van der Waals surface area contributed by atoms with Crippen LogP contribution in [0, 0.1) is 0 Å². The first-order valence-corrected chi connectivity index (χ1v) is 11.3. The average Bonchev–Trinajstić information content (AvgIpc) is 3.06. The van der Waals surface area contributed by atoms with Gasteiger partial charge in [-0.3, -0.25) is 0 Å². The van der Waals surface area contributed by atoms with Gasteiger partial charge >= 0.3 is 124 Å². The number of hydrogen-bond donors (Lipinski definition) is 1. The fraction of sp³-hybridized carbons (Fsp3) is 0.500. The summed E-state index contributed by atoms with van der Waals surface area (Å²) < 4.78 is 14.1. The van der Waals surface area contributed by atoms with Crippen LogP contribution >= 0.6 is 27.6 Å². The fourth-order valence-corrected chi connectivity index (χ4v) is 15.0. The molecule has 110 valence electrons. The van der Waals surface area contributed by atoms with Gasteiger partial charge in [0, 0.05) is 0 Å². The molecule has 1 fully saturated rings. The molecule has 0 saturated carbocycles. The number of nitrogen functional groups attached to an aromatic ring is 1. The molecule has 3 heterocycles. The maximum atomic E-state index is 6.19. The minimum atomic E-state index is -3.07. The van der Waals surface area contributed by atoms with Crippen molar-refractivity contribution < 1.29 is 9.05 Å². The molecule has 0 amide bonds. The number of fused-ring (bicyclic) bond motifs is 1. The predicted molar refractivity (Wildman–Crippen MR) is 85.6 cm³/mol. The summed E-state index contributed by atoms with van der Waals surface area (Å²) in [7, 11) is 5.12. The summed E-state index contributed by atoms with van der Waals surface area (Å²) >= 11 is 0. The molecule has 1 saturated heterocycles. The third-order valence-electron chi connectivity index (χ3n) is 3.25. The SMILES string of the molecule is CCOP1(OC)(n2cnc3c(N)ncnc32)CCSS1. The van der Waals surface area contributed by atoms with Gasteiger partial charge in [-0.2, -0.15) is 0 Å². The molecular weight excluding hydrogens is 317 g/mol. The quantitative estimate of drug-likeness (QED) is 0.674. The molecule has 0 bridgehead atoms. The van der Waals surface area contributed by atoms with E-state index in [1.807, 2.05) is 11.3 Å². The average molecular weight is 333 g/mol. The van der Waals surface area contributed by atoms with E-state index in [0.717, 1.165) is 11.9 Å². The number of nitrogens with zero attached hydrogens (tertiary/aromatic N) is 4. The third kappa shape index (κ3) is 1.84. The standard InChI is InChI=1S/C10H16N5O2PS2/c1-3-17-18(16-2,4-5-19-20-18)15-7-14-8-9(11)12-6-13-10(8)15/h6-7H,3-5H2,1-2H3,(H2,11,12,13). The molecule has 0 radical (unpaired) electrons. The molecule has 10 heteroatoms. The minimum absolute atomic E-state index is 0.370. The predicted octanol–water partition coefficient (Wildman–Crippen LogP) is 2.55. The molecule has 0 aromatic carbocycles. The molecule has 1 aliphatic rings. The fourth-order valence-electron chi connectivity index (χ4n) is 2.30. The molecule has 0 spiro atoms. The molecule has 7 nitrogen and oxygen atoms in total. The normalized spacial score (nSPS) is 22.6. The van der Waals surface area contributed by atoms with Gasteiger partial charge in [-0.05, 0) is 0 Å². The Hall–Kier alpha value is -0.600. The second-order valence-electron chi connectivity index (χ2n) is 4.24. The second kappa shape index (κ2) is 4.99. The van der Waals surface area contributed by atoms with Crippen molar-refractivity contribution in [3.8, 4) is 0 Å². The Bertz CT molecular complexity index is 646. The van der Waals surface area contributed by atoms with Crippen LogP contribution in [-0.2, 0) is 9.05 Å². The van der Waals surface area contributed by atoms with Crippen LogP contribution in [0.15, 0.2) is 12.7 Å². The first kappa shape index (κ1) is 14.3. The molecule has 2 aromatic rings. The van der Waals surface area contributed by atoms with Gasteiger partial charge in [-0.15, -0.1) is 0 Å². The van der Waals surface area contributed by atoms with E-state index < -0.39 is 6.41 Å². The van der Waals surface area contributed by atoms with Crippen molar-refractivity contribution in [1.29, 1.82) is 0 Å². The summed E-state index contributed by atoms with van der Waals surface area (Å²) in [5.74, 6) is 1.34. The van der Waals surface area contributed by atoms with Gasteiger partial charge in [0.2, 0.25) is 0 Å². The van der Waals surface area contributed by atoms with Crippen molar-refractivity contribution in [2.45, 2.75) is 6.92 Å². The van der Waals surface area contributed by atoms with Gasteiger partial charge in [0.1, 0.15) is 0 Å². The molecule has 0 aliphatic carbocycles. The van der Waals surface area contributed by atoms with Crippen LogP contribution in [0.5, 0.6) is 0 Å². The number of aromatic nitrogens is 4. The third-order valence-corrected chi connectivity index (χ3v) is 15.0. The summed E-state index contributed by atoms with van der Waals surface area (Å²) in [4.78, 5) is 12.6. The van der Waals surface area contributed by atoms with Gasteiger partial charge < -0.3 is 0 Å². The molecule has 2 aromatic heterocycles.